The molecule has 1 aromatic heterocycles. The van der Waals surface area contributed by atoms with Crippen molar-refractivity contribution in [1.82, 2.24) is 19.4 Å². The zero-order valence-electron chi connectivity index (χ0n) is 15.2. The van der Waals surface area contributed by atoms with Crippen LogP contribution < -0.4 is 0 Å². The maximum absolute atomic E-state index is 11.7. The van der Waals surface area contributed by atoms with Gasteiger partial charge in [0, 0.05) is 19.6 Å². The zero-order valence-corrected chi connectivity index (χ0v) is 16.0. The molecule has 3 rings (SSSR count). The van der Waals surface area contributed by atoms with Crippen LogP contribution in [0, 0.1) is 0 Å². The SMILES string of the molecule is CC(c1nnc(C2CN(S(C)(=O)=O)CCO2)o1)N(C)Cc1ccccc1. The Balaban J connectivity index is 1.67. The minimum atomic E-state index is -3.27. The van der Waals surface area contributed by atoms with Crippen molar-refractivity contribution in [3.8, 4) is 0 Å². The smallest absolute Gasteiger partial charge is 0.246 e. The van der Waals surface area contributed by atoms with E-state index in [0.717, 1.165) is 6.54 Å². The van der Waals surface area contributed by atoms with E-state index in [-0.39, 0.29) is 12.6 Å². The van der Waals surface area contributed by atoms with Gasteiger partial charge in [-0.25, -0.2) is 8.42 Å². The first kappa shape index (κ1) is 19.0. The summed E-state index contributed by atoms with van der Waals surface area (Å²) in [6, 6.07) is 10.1. The van der Waals surface area contributed by atoms with E-state index in [1.807, 2.05) is 32.2 Å². The number of hydrogen-bond acceptors (Lipinski definition) is 7. The van der Waals surface area contributed by atoms with Crippen LogP contribution >= 0.6 is 0 Å². The highest BCUT2D eigenvalue weighted by atomic mass is 32.2. The number of benzene rings is 1. The Labute approximate surface area is 153 Å². The molecule has 26 heavy (non-hydrogen) atoms. The predicted octanol–water partition coefficient (Wildman–Crippen LogP) is 1.60. The van der Waals surface area contributed by atoms with Gasteiger partial charge in [0.2, 0.25) is 21.8 Å². The summed E-state index contributed by atoms with van der Waals surface area (Å²) in [7, 11) is -1.28. The van der Waals surface area contributed by atoms with E-state index in [1.165, 1.54) is 16.1 Å². The standard InChI is InChI=1S/C17H24N4O4S/c1-13(20(2)11-14-7-5-4-6-8-14)16-18-19-17(25-16)15-12-21(9-10-24-15)26(3,22)23/h4-8,13,15H,9-12H2,1-3H3. The molecule has 0 radical (unpaired) electrons. The van der Waals surface area contributed by atoms with E-state index < -0.39 is 16.1 Å². The van der Waals surface area contributed by atoms with E-state index in [1.54, 1.807) is 0 Å². The second-order valence-corrected chi connectivity index (χ2v) is 8.52. The Bertz CT molecular complexity index is 824. The van der Waals surface area contributed by atoms with Crippen molar-refractivity contribution in [3.05, 3.63) is 47.7 Å². The summed E-state index contributed by atoms with van der Waals surface area (Å²) >= 11 is 0. The van der Waals surface area contributed by atoms with Crippen LogP contribution in [0.15, 0.2) is 34.7 Å². The minimum absolute atomic E-state index is 0.0777. The summed E-state index contributed by atoms with van der Waals surface area (Å²) in [5.41, 5.74) is 1.20. The fourth-order valence-electron chi connectivity index (χ4n) is 2.82. The Morgan fingerprint density at radius 3 is 2.73 bits per heavy atom. The van der Waals surface area contributed by atoms with Gasteiger partial charge in [0.1, 0.15) is 6.10 Å². The maximum atomic E-state index is 11.7. The summed E-state index contributed by atoms with van der Waals surface area (Å²) in [6.07, 6.45) is 0.654. The van der Waals surface area contributed by atoms with Gasteiger partial charge in [-0.05, 0) is 19.5 Å². The lowest BCUT2D eigenvalue weighted by Crippen LogP contribution is -2.41. The van der Waals surface area contributed by atoms with E-state index >= 15 is 0 Å². The predicted molar refractivity (Wildman–Crippen MR) is 95.7 cm³/mol. The number of aromatic nitrogens is 2. The second-order valence-electron chi connectivity index (χ2n) is 6.54. The van der Waals surface area contributed by atoms with Gasteiger partial charge in [0.15, 0.2) is 0 Å². The number of hydrogen-bond donors (Lipinski definition) is 0. The highest BCUT2D eigenvalue weighted by molar-refractivity contribution is 7.88. The Morgan fingerprint density at radius 1 is 1.31 bits per heavy atom. The average molecular weight is 380 g/mol. The molecule has 1 aromatic carbocycles. The molecule has 0 N–H and O–H groups in total. The van der Waals surface area contributed by atoms with Crippen LogP contribution in [-0.2, 0) is 21.3 Å². The molecule has 1 aliphatic rings. The summed E-state index contributed by atoms with van der Waals surface area (Å²) in [5, 5.41) is 8.21. The molecule has 2 unspecified atom stereocenters. The molecular formula is C17H24N4O4S. The van der Waals surface area contributed by atoms with Gasteiger partial charge in [-0.2, -0.15) is 4.31 Å². The van der Waals surface area contributed by atoms with Crippen molar-refractivity contribution in [2.75, 3.05) is 33.0 Å². The van der Waals surface area contributed by atoms with E-state index in [0.29, 0.717) is 24.9 Å². The fourth-order valence-corrected chi connectivity index (χ4v) is 3.63. The molecular weight excluding hydrogens is 356 g/mol. The molecule has 0 saturated carbocycles. The van der Waals surface area contributed by atoms with Gasteiger partial charge < -0.3 is 9.15 Å². The van der Waals surface area contributed by atoms with Crippen LogP contribution in [0.5, 0.6) is 0 Å². The molecule has 2 atom stereocenters. The van der Waals surface area contributed by atoms with Crippen molar-refractivity contribution >= 4 is 10.0 Å². The first-order chi connectivity index (χ1) is 12.3. The van der Waals surface area contributed by atoms with Crippen molar-refractivity contribution < 1.29 is 17.6 Å². The molecule has 1 saturated heterocycles. The monoisotopic (exact) mass is 380 g/mol. The summed E-state index contributed by atoms with van der Waals surface area (Å²) in [5.74, 6) is 0.798. The molecule has 2 heterocycles. The lowest BCUT2D eigenvalue weighted by Gasteiger charge is -2.29. The second kappa shape index (κ2) is 7.83. The highest BCUT2D eigenvalue weighted by Crippen LogP contribution is 2.26. The van der Waals surface area contributed by atoms with Gasteiger partial charge >= 0.3 is 0 Å². The van der Waals surface area contributed by atoms with Crippen LogP contribution in [0.3, 0.4) is 0 Å². The van der Waals surface area contributed by atoms with Crippen LogP contribution in [0.4, 0.5) is 0 Å². The van der Waals surface area contributed by atoms with Gasteiger partial charge in [-0.15, -0.1) is 10.2 Å². The number of morpholine rings is 1. The third-order valence-corrected chi connectivity index (χ3v) is 5.79. The van der Waals surface area contributed by atoms with Crippen molar-refractivity contribution in [1.29, 1.82) is 0 Å². The van der Waals surface area contributed by atoms with Gasteiger partial charge in [0.05, 0.1) is 18.9 Å². The summed E-state index contributed by atoms with van der Waals surface area (Å²) < 4.78 is 36.3. The van der Waals surface area contributed by atoms with Crippen molar-refractivity contribution in [3.63, 3.8) is 0 Å². The number of rotatable bonds is 6. The van der Waals surface area contributed by atoms with Crippen LogP contribution in [0.1, 0.15) is 36.4 Å². The van der Waals surface area contributed by atoms with Gasteiger partial charge in [0.25, 0.3) is 0 Å². The zero-order chi connectivity index (χ0) is 18.7. The number of nitrogens with zero attached hydrogens (tertiary/aromatic N) is 4. The first-order valence-corrected chi connectivity index (χ1v) is 10.3. The number of sulfonamides is 1. The first-order valence-electron chi connectivity index (χ1n) is 8.49. The Morgan fingerprint density at radius 2 is 2.04 bits per heavy atom. The quantitative estimate of drug-likeness (QED) is 0.752. The molecule has 0 amide bonds. The molecule has 9 heteroatoms. The molecule has 1 fully saturated rings. The van der Waals surface area contributed by atoms with Crippen LogP contribution in [0.2, 0.25) is 0 Å². The number of ether oxygens (including phenoxy) is 1. The Kier molecular flexibility index (Phi) is 5.71. The van der Waals surface area contributed by atoms with Crippen molar-refractivity contribution in [2.24, 2.45) is 0 Å². The van der Waals surface area contributed by atoms with Crippen molar-refractivity contribution in [2.45, 2.75) is 25.6 Å². The highest BCUT2D eigenvalue weighted by Gasteiger charge is 2.31. The lowest BCUT2D eigenvalue weighted by atomic mass is 10.2. The molecule has 2 aromatic rings. The largest absolute Gasteiger partial charge is 0.421 e. The molecule has 8 nitrogen and oxygen atoms in total. The van der Waals surface area contributed by atoms with E-state index in [2.05, 4.69) is 27.2 Å². The summed E-state index contributed by atoms with van der Waals surface area (Å²) in [6.45, 7) is 3.58. The minimum Gasteiger partial charge on any atom is -0.421 e. The third-order valence-electron chi connectivity index (χ3n) is 4.52. The van der Waals surface area contributed by atoms with Crippen LogP contribution in [-0.4, -0.2) is 60.8 Å². The molecule has 142 valence electrons. The van der Waals surface area contributed by atoms with Gasteiger partial charge in [-0.3, -0.25) is 4.90 Å². The molecule has 0 spiro atoms. The normalized spacial score (nSPS) is 20.4. The summed E-state index contributed by atoms with van der Waals surface area (Å²) in [4.78, 5) is 2.11. The van der Waals surface area contributed by atoms with E-state index in [9.17, 15) is 8.42 Å². The topological polar surface area (TPSA) is 88.8 Å². The lowest BCUT2D eigenvalue weighted by molar-refractivity contribution is -0.0182. The average Bonchev–Trinajstić information content (AvgIpc) is 3.11. The molecule has 1 aliphatic heterocycles. The van der Waals surface area contributed by atoms with Gasteiger partial charge in [-0.1, -0.05) is 30.3 Å². The Hall–Kier alpha value is -1.81. The fraction of sp³-hybridized carbons (Fsp3) is 0.529. The maximum Gasteiger partial charge on any atom is 0.246 e. The molecule has 0 aliphatic carbocycles. The van der Waals surface area contributed by atoms with Crippen LogP contribution in [0.25, 0.3) is 0 Å². The molecule has 0 bridgehead atoms. The third kappa shape index (κ3) is 4.47. The van der Waals surface area contributed by atoms with E-state index in [4.69, 9.17) is 9.15 Å².